The highest BCUT2D eigenvalue weighted by Gasteiger charge is 2.19. The second kappa shape index (κ2) is 16.8. The fraction of sp³-hybridized carbons (Fsp3) is 1.00. The molecule has 0 unspecified atom stereocenters. The summed E-state index contributed by atoms with van der Waals surface area (Å²) in [7, 11) is 11.7. The maximum Gasteiger partial charge on any atom is 0.128 e. The molecule has 2 heteroatoms. The second-order valence-corrected chi connectivity index (χ2v) is 10.7. The Kier molecular flexibility index (Phi) is 16.8. The molecule has 0 spiro atoms. The Morgan fingerprint density at radius 3 is 1.04 bits per heavy atom. The van der Waals surface area contributed by atoms with Gasteiger partial charge in [0.1, 0.15) is 13.1 Å². The van der Waals surface area contributed by atoms with Crippen molar-refractivity contribution in [1.29, 1.82) is 0 Å². The molecule has 0 saturated carbocycles. The van der Waals surface area contributed by atoms with E-state index in [-0.39, 0.29) is 0 Å². The number of unbranched alkanes of at least 4 members (excludes halogenated alkanes) is 15. The fourth-order valence-electron chi connectivity index (χ4n) is 3.77. The Balaban J connectivity index is 3.27. The number of likely N-dealkylation sites (N-methyl/N-ethyl adjacent to an activating group) is 2. The molecule has 0 aliphatic rings. The normalized spacial score (nSPS) is 12.7. The highest BCUT2D eigenvalue weighted by Crippen LogP contribution is 2.14. The van der Waals surface area contributed by atoms with Gasteiger partial charge in [-0.05, 0) is 12.8 Å². The third-order valence-corrected chi connectivity index (χ3v) is 5.99. The Morgan fingerprint density at radius 1 is 0.370 bits per heavy atom. The van der Waals surface area contributed by atoms with Gasteiger partial charge < -0.3 is 8.97 Å². The van der Waals surface area contributed by atoms with Gasteiger partial charge in [-0.3, -0.25) is 0 Å². The predicted molar refractivity (Wildman–Crippen MR) is 124 cm³/mol. The first kappa shape index (κ1) is 26.9. The smallest absolute Gasteiger partial charge is 0.128 e. The van der Waals surface area contributed by atoms with E-state index in [4.69, 9.17) is 0 Å². The molecule has 0 aromatic heterocycles. The standard InChI is InChI=1S/C25H56N2/c1-7-8-9-10-11-12-13-14-15-16-17-18-19-20-21-22-23-27(5,6)25-24-26(2,3)4/h7-25H2,1-6H3/q+2. The summed E-state index contributed by atoms with van der Waals surface area (Å²) in [6, 6.07) is 0. The summed E-state index contributed by atoms with van der Waals surface area (Å²) >= 11 is 0. The molecule has 27 heavy (non-hydrogen) atoms. The molecule has 0 aliphatic heterocycles. The average Bonchev–Trinajstić information content (AvgIpc) is 2.59. The van der Waals surface area contributed by atoms with Crippen LogP contribution in [0, 0.1) is 0 Å². The summed E-state index contributed by atoms with van der Waals surface area (Å²) in [4.78, 5) is 0. The highest BCUT2D eigenvalue weighted by molar-refractivity contribution is 4.50. The number of nitrogens with zero attached hydrogens (tertiary/aromatic N) is 2. The molecule has 0 aromatic rings. The molecular formula is C25H56N2+2. The molecule has 0 amide bonds. The van der Waals surface area contributed by atoms with Crippen LogP contribution in [0.4, 0.5) is 0 Å². The van der Waals surface area contributed by atoms with E-state index in [0.29, 0.717) is 0 Å². The van der Waals surface area contributed by atoms with Crippen molar-refractivity contribution in [3.63, 3.8) is 0 Å². The van der Waals surface area contributed by atoms with Crippen LogP contribution >= 0.6 is 0 Å². The van der Waals surface area contributed by atoms with E-state index in [9.17, 15) is 0 Å². The molecule has 0 fully saturated rings. The first-order valence-electron chi connectivity index (χ1n) is 12.4. The molecule has 0 bridgehead atoms. The summed E-state index contributed by atoms with van der Waals surface area (Å²) in [6.45, 7) is 6.21. The van der Waals surface area contributed by atoms with Gasteiger partial charge in [-0.15, -0.1) is 0 Å². The Labute approximate surface area is 173 Å². The van der Waals surface area contributed by atoms with Crippen LogP contribution < -0.4 is 0 Å². The predicted octanol–water partition coefficient (Wildman–Crippen LogP) is 7.03. The van der Waals surface area contributed by atoms with Gasteiger partial charge in [0, 0.05) is 0 Å². The van der Waals surface area contributed by atoms with Gasteiger partial charge >= 0.3 is 0 Å². The molecular weight excluding hydrogens is 328 g/mol. The van der Waals surface area contributed by atoms with Crippen LogP contribution in [0.3, 0.4) is 0 Å². The largest absolute Gasteiger partial charge is 0.326 e. The van der Waals surface area contributed by atoms with Crippen molar-refractivity contribution in [1.82, 2.24) is 0 Å². The highest BCUT2D eigenvalue weighted by atomic mass is 15.4. The van der Waals surface area contributed by atoms with E-state index in [1.54, 1.807) is 0 Å². The van der Waals surface area contributed by atoms with Gasteiger partial charge in [0.2, 0.25) is 0 Å². The fourth-order valence-corrected chi connectivity index (χ4v) is 3.77. The average molecular weight is 385 g/mol. The maximum absolute atomic E-state index is 2.40. The van der Waals surface area contributed by atoms with Gasteiger partial charge in [-0.25, -0.2) is 0 Å². The topological polar surface area (TPSA) is 0 Å². The van der Waals surface area contributed by atoms with Crippen molar-refractivity contribution in [3.05, 3.63) is 0 Å². The SMILES string of the molecule is CCCCCCCCCCCCCCCCCC[N+](C)(C)CC[N+](C)(C)C. The molecule has 0 radical (unpaired) electrons. The molecule has 0 atom stereocenters. The summed E-state index contributed by atoms with van der Waals surface area (Å²) < 4.78 is 2.27. The summed E-state index contributed by atoms with van der Waals surface area (Å²) in [5.74, 6) is 0. The molecule has 2 nitrogen and oxygen atoms in total. The third-order valence-electron chi connectivity index (χ3n) is 5.99. The van der Waals surface area contributed by atoms with E-state index in [1.807, 2.05) is 0 Å². The Morgan fingerprint density at radius 2 is 0.704 bits per heavy atom. The molecule has 0 N–H and O–H groups in total. The first-order valence-corrected chi connectivity index (χ1v) is 12.4. The zero-order valence-corrected chi connectivity index (χ0v) is 20.3. The maximum atomic E-state index is 2.40. The van der Waals surface area contributed by atoms with Crippen LogP contribution in [-0.4, -0.2) is 63.8 Å². The molecule has 0 aromatic carbocycles. The Bertz CT molecular complexity index is 304. The minimum absolute atomic E-state index is 1.08. The number of hydrogen-bond donors (Lipinski definition) is 0. The van der Waals surface area contributed by atoms with Crippen LogP contribution in [0.25, 0.3) is 0 Å². The molecule has 164 valence electrons. The van der Waals surface area contributed by atoms with Crippen molar-refractivity contribution >= 4 is 0 Å². The van der Waals surface area contributed by atoms with Gasteiger partial charge in [-0.2, -0.15) is 0 Å². The third kappa shape index (κ3) is 22.1. The lowest BCUT2D eigenvalue weighted by Gasteiger charge is -2.33. The minimum atomic E-state index is 1.08. The zero-order valence-electron chi connectivity index (χ0n) is 20.3. The van der Waals surface area contributed by atoms with Crippen molar-refractivity contribution < 1.29 is 8.97 Å². The van der Waals surface area contributed by atoms with E-state index >= 15 is 0 Å². The number of hydrogen-bond acceptors (Lipinski definition) is 0. The molecule has 0 rings (SSSR count). The lowest BCUT2D eigenvalue weighted by molar-refractivity contribution is -0.937. The molecule has 0 aliphatic carbocycles. The summed E-state index contributed by atoms with van der Waals surface area (Å²) in [5, 5.41) is 0. The van der Waals surface area contributed by atoms with Crippen LogP contribution in [0.15, 0.2) is 0 Å². The van der Waals surface area contributed by atoms with Crippen LogP contribution in [0.1, 0.15) is 110 Å². The van der Waals surface area contributed by atoms with Crippen molar-refractivity contribution in [2.24, 2.45) is 0 Å². The quantitative estimate of drug-likeness (QED) is 0.156. The monoisotopic (exact) mass is 384 g/mol. The van der Waals surface area contributed by atoms with E-state index < -0.39 is 0 Å². The minimum Gasteiger partial charge on any atom is -0.326 e. The number of rotatable bonds is 20. The summed E-state index contributed by atoms with van der Waals surface area (Å²) in [6.07, 6.45) is 23.3. The Hall–Kier alpha value is -0.0800. The zero-order chi connectivity index (χ0) is 20.4. The van der Waals surface area contributed by atoms with Gasteiger partial charge in [0.05, 0.1) is 41.8 Å². The van der Waals surface area contributed by atoms with Crippen LogP contribution in [0.2, 0.25) is 0 Å². The summed E-state index contributed by atoms with van der Waals surface area (Å²) in [5.41, 5.74) is 0. The molecule has 0 saturated heterocycles. The van der Waals surface area contributed by atoms with Crippen molar-refractivity contribution in [3.8, 4) is 0 Å². The van der Waals surface area contributed by atoms with Gasteiger partial charge in [-0.1, -0.05) is 96.8 Å². The lowest BCUT2D eigenvalue weighted by Crippen LogP contribution is -2.49. The van der Waals surface area contributed by atoms with Gasteiger partial charge in [0.15, 0.2) is 0 Å². The first-order chi connectivity index (χ1) is 12.8. The lowest BCUT2D eigenvalue weighted by atomic mass is 10.0. The van der Waals surface area contributed by atoms with Crippen molar-refractivity contribution in [2.45, 2.75) is 110 Å². The van der Waals surface area contributed by atoms with E-state index in [1.165, 1.54) is 127 Å². The number of quaternary nitrogens is 2. The second-order valence-electron chi connectivity index (χ2n) is 10.7. The van der Waals surface area contributed by atoms with E-state index in [0.717, 1.165) is 4.48 Å². The van der Waals surface area contributed by atoms with Crippen LogP contribution in [0.5, 0.6) is 0 Å². The van der Waals surface area contributed by atoms with Crippen LogP contribution in [-0.2, 0) is 0 Å². The van der Waals surface area contributed by atoms with E-state index in [2.05, 4.69) is 42.2 Å². The molecule has 0 heterocycles. The van der Waals surface area contributed by atoms with Crippen molar-refractivity contribution in [2.75, 3.05) is 54.9 Å². The van der Waals surface area contributed by atoms with Gasteiger partial charge in [0.25, 0.3) is 0 Å².